The van der Waals surface area contributed by atoms with Crippen molar-refractivity contribution in [3.8, 4) is 5.75 Å². The standard InChI is InChI=1S/C24H27N3O5/c1-31-12-11-25-13-16-5-7-17(8-6-16)15-32-21-4-2-3-18-19(21)14-27(24(18)30)20-9-10-22(28)26-23(20)29/h2-8,20,25H,9-15H2,1H3,(H,26,28,29). The topological polar surface area (TPSA) is 97.0 Å². The zero-order chi connectivity index (χ0) is 22.5. The van der Waals surface area contributed by atoms with Crippen molar-refractivity contribution in [3.63, 3.8) is 0 Å². The lowest BCUT2D eigenvalue weighted by Gasteiger charge is -2.29. The normalized spacial score (nSPS) is 18.0. The molecular formula is C24H27N3O5. The maximum atomic E-state index is 12.9. The van der Waals surface area contributed by atoms with Crippen molar-refractivity contribution >= 4 is 17.7 Å². The monoisotopic (exact) mass is 437 g/mol. The van der Waals surface area contributed by atoms with E-state index in [-0.39, 0.29) is 18.2 Å². The van der Waals surface area contributed by atoms with E-state index in [2.05, 4.69) is 22.8 Å². The number of carbonyl (C=O) groups is 3. The van der Waals surface area contributed by atoms with Gasteiger partial charge in [0.15, 0.2) is 0 Å². The molecule has 0 spiro atoms. The molecule has 3 amide bonds. The first-order valence-corrected chi connectivity index (χ1v) is 10.7. The van der Waals surface area contributed by atoms with E-state index in [9.17, 15) is 14.4 Å². The molecular weight excluding hydrogens is 410 g/mol. The summed E-state index contributed by atoms with van der Waals surface area (Å²) in [5, 5.41) is 5.63. The van der Waals surface area contributed by atoms with E-state index in [1.165, 1.54) is 10.5 Å². The zero-order valence-electron chi connectivity index (χ0n) is 18.1. The number of ether oxygens (including phenoxy) is 2. The average molecular weight is 437 g/mol. The van der Waals surface area contributed by atoms with Gasteiger partial charge in [0.1, 0.15) is 18.4 Å². The first kappa shape index (κ1) is 22.0. The van der Waals surface area contributed by atoms with Crippen molar-refractivity contribution in [1.29, 1.82) is 0 Å². The molecule has 0 radical (unpaired) electrons. The lowest BCUT2D eigenvalue weighted by molar-refractivity contribution is -0.136. The van der Waals surface area contributed by atoms with Crippen LogP contribution in [-0.4, -0.2) is 48.9 Å². The molecule has 4 rings (SSSR count). The Kier molecular flexibility index (Phi) is 6.82. The molecule has 8 heteroatoms. The van der Waals surface area contributed by atoms with Crippen molar-refractivity contribution in [2.45, 2.75) is 38.6 Å². The summed E-state index contributed by atoms with van der Waals surface area (Å²) in [6.45, 7) is 2.92. The lowest BCUT2D eigenvalue weighted by Crippen LogP contribution is -2.52. The third kappa shape index (κ3) is 4.81. The highest BCUT2D eigenvalue weighted by atomic mass is 16.5. The fraction of sp³-hybridized carbons (Fsp3) is 0.375. The Morgan fingerprint density at radius 1 is 1.09 bits per heavy atom. The van der Waals surface area contributed by atoms with Crippen LogP contribution in [-0.2, 0) is 34.0 Å². The van der Waals surface area contributed by atoms with Crippen molar-refractivity contribution in [2.75, 3.05) is 20.3 Å². The minimum Gasteiger partial charge on any atom is -0.489 e. The zero-order valence-corrected chi connectivity index (χ0v) is 18.1. The van der Waals surface area contributed by atoms with Crippen molar-refractivity contribution in [1.82, 2.24) is 15.5 Å². The molecule has 2 aliphatic heterocycles. The molecule has 8 nitrogen and oxygen atoms in total. The van der Waals surface area contributed by atoms with Crippen molar-refractivity contribution < 1.29 is 23.9 Å². The van der Waals surface area contributed by atoms with Gasteiger partial charge in [-0.05, 0) is 29.7 Å². The van der Waals surface area contributed by atoms with E-state index in [0.717, 1.165) is 24.2 Å². The summed E-state index contributed by atoms with van der Waals surface area (Å²) in [4.78, 5) is 38.1. The van der Waals surface area contributed by atoms with E-state index in [1.54, 1.807) is 19.2 Å². The Morgan fingerprint density at radius 3 is 2.62 bits per heavy atom. The van der Waals surface area contributed by atoms with Gasteiger partial charge < -0.3 is 19.7 Å². The second kappa shape index (κ2) is 9.93. The van der Waals surface area contributed by atoms with Gasteiger partial charge in [-0.3, -0.25) is 19.7 Å². The number of amides is 3. The fourth-order valence-corrected chi connectivity index (χ4v) is 4.01. The number of benzene rings is 2. The van der Waals surface area contributed by atoms with Crippen molar-refractivity contribution in [3.05, 3.63) is 64.7 Å². The molecule has 2 aliphatic rings. The maximum Gasteiger partial charge on any atom is 0.255 e. The molecule has 2 N–H and O–H groups in total. The van der Waals surface area contributed by atoms with Crippen LogP contribution in [0, 0.1) is 0 Å². The predicted molar refractivity (Wildman–Crippen MR) is 117 cm³/mol. The highest BCUT2D eigenvalue weighted by molar-refractivity contribution is 6.05. The molecule has 0 bridgehead atoms. The Morgan fingerprint density at radius 2 is 1.88 bits per heavy atom. The SMILES string of the molecule is COCCNCc1ccc(COc2cccc3c2CN(C2CCC(=O)NC2=O)C3=O)cc1. The van der Waals surface area contributed by atoms with Gasteiger partial charge in [-0.2, -0.15) is 0 Å². The number of carbonyl (C=O) groups excluding carboxylic acids is 3. The first-order valence-electron chi connectivity index (χ1n) is 10.7. The molecule has 0 aliphatic carbocycles. The summed E-state index contributed by atoms with van der Waals surface area (Å²) in [6, 6.07) is 12.9. The van der Waals surface area contributed by atoms with Crippen molar-refractivity contribution in [2.24, 2.45) is 0 Å². The van der Waals surface area contributed by atoms with E-state index in [1.807, 2.05) is 18.2 Å². The third-order valence-electron chi connectivity index (χ3n) is 5.77. The number of methoxy groups -OCH3 is 1. The first-order chi connectivity index (χ1) is 15.6. The van der Waals surface area contributed by atoms with Crippen LogP contribution in [0.1, 0.15) is 39.9 Å². The molecule has 0 aromatic heterocycles. The predicted octanol–water partition coefficient (Wildman–Crippen LogP) is 1.76. The fourth-order valence-electron chi connectivity index (χ4n) is 4.01. The molecule has 1 fully saturated rings. The number of fused-ring (bicyclic) bond motifs is 1. The molecule has 2 heterocycles. The molecule has 32 heavy (non-hydrogen) atoms. The summed E-state index contributed by atoms with van der Waals surface area (Å²) >= 11 is 0. The molecule has 1 saturated heterocycles. The molecule has 168 valence electrons. The highest BCUT2D eigenvalue weighted by Crippen LogP contribution is 2.33. The Labute approximate surface area is 186 Å². The van der Waals surface area contributed by atoms with Gasteiger partial charge in [0, 0.05) is 37.7 Å². The minimum absolute atomic E-state index is 0.203. The maximum absolute atomic E-state index is 12.9. The number of nitrogens with one attached hydrogen (secondary N) is 2. The van der Waals surface area contributed by atoms with Crippen LogP contribution in [0.5, 0.6) is 5.75 Å². The molecule has 1 unspecified atom stereocenters. The van der Waals surface area contributed by atoms with Crippen LogP contribution in [0.4, 0.5) is 0 Å². The molecule has 2 aromatic carbocycles. The second-order valence-electron chi connectivity index (χ2n) is 7.96. The Hall–Kier alpha value is -3.23. The van der Waals surface area contributed by atoms with Crippen LogP contribution in [0.25, 0.3) is 0 Å². The van der Waals surface area contributed by atoms with E-state index < -0.39 is 11.9 Å². The van der Waals surface area contributed by atoms with Gasteiger partial charge >= 0.3 is 0 Å². The van der Waals surface area contributed by atoms with E-state index in [4.69, 9.17) is 9.47 Å². The number of hydrogen-bond donors (Lipinski definition) is 2. The van der Waals surface area contributed by atoms with Crippen LogP contribution >= 0.6 is 0 Å². The average Bonchev–Trinajstić information content (AvgIpc) is 3.13. The Bertz CT molecular complexity index is 1010. The smallest absolute Gasteiger partial charge is 0.255 e. The van der Waals surface area contributed by atoms with Gasteiger partial charge in [-0.1, -0.05) is 30.3 Å². The number of nitrogens with zero attached hydrogens (tertiary/aromatic N) is 1. The van der Waals surface area contributed by atoms with Gasteiger partial charge in [0.25, 0.3) is 5.91 Å². The van der Waals surface area contributed by atoms with Gasteiger partial charge in [-0.25, -0.2) is 0 Å². The lowest BCUT2D eigenvalue weighted by atomic mass is 10.0. The molecule has 2 aromatic rings. The van der Waals surface area contributed by atoms with E-state index >= 15 is 0 Å². The van der Waals surface area contributed by atoms with Crippen LogP contribution in [0.2, 0.25) is 0 Å². The van der Waals surface area contributed by atoms with Crippen LogP contribution in [0.15, 0.2) is 42.5 Å². The number of hydrogen-bond acceptors (Lipinski definition) is 6. The summed E-state index contributed by atoms with van der Waals surface area (Å²) in [5.74, 6) is -0.279. The summed E-state index contributed by atoms with van der Waals surface area (Å²) in [6.07, 6.45) is 0.574. The quantitative estimate of drug-likeness (QED) is 0.458. The summed E-state index contributed by atoms with van der Waals surface area (Å²) in [7, 11) is 1.68. The van der Waals surface area contributed by atoms with Crippen LogP contribution < -0.4 is 15.4 Å². The number of imide groups is 1. The minimum atomic E-state index is -0.634. The largest absolute Gasteiger partial charge is 0.489 e. The van der Waals surface area contributed by atoms with Crippen LogP contribution in [0.3, 0.4) is 0 Å². The Balaban J connectivity index is 1.38. The molecule has 1 atom stereocenters. The number of rotatable bonds is 9. The molecule has 0 saturated carbocycles. The van der Waals surface area contributed by atoms with Gasteiger partial charge in [0.2, 0.25) is 11.8 Å². The highest BCUT2D eigenvalue weighted by Gasteiger charge is 2.40. The van der Waals surface area contributed by atoms with Gasteiger partial charge in [-0.15, -0.1) is 0 Å². The second-order valence-corrected chi connectivity index (χ2v) is 7.96. The summed E-state index contributed by atoms with van der Waals surface area (Å²) in [5.41, 5.74) is 3.52. The third-order valence-corrected chi connectivity index (χ3v) is 5.77. The van der Waals surface area contributed by atoms with Gasteiger partial charge in [0.05, 0.1) is 13.2 Å². The number of piperidine rings is 1. The van der Waals surface area contributed by atoms with E-state index in [0.29, 0.717) is 37.5 Å². The summed E-state index contributed by atoms with van der Waals surface area (Å²) < 4.78 is 11.1.